The fraction of sp³-hybridized carbons (Fsp3) is 0.393. The lowest BCUT2D eigenvalue weighted by atomic mass is 10.1. The summed E-state index contributed by atoms with van der Waals surface area (Å²) >= 11 is 2.99. The molecule has 1 N–H and O–H groups in total. The molecule has 2 heterocycles. The van der Waals surface area contributed by atoms with Crippen molar-refractivity contribution in [1.82, 2.24) is 4.57 Å². The standard InChI is InChI=1S/C28H31N3O10S3/c1-6-39-21(34)12-31-17-10-9-16(25(35)38-5)11-18(17)43-28(31)30-20(33)14-42-13-19(32)29-24-22(26(36)40-7-2)15(4)23(44-24)27(37)41-8-3/h9-11H,6-8,12-14H2,1-5H3,(H,29,32). The van der Waals surface area contributed by atoms with E-state index >= 15 is 0 Å². The summed E-state index contributed by atoms with van der Waals surface area (Å²) in [7, 11) is 1.26. The fourth-order valence-corrected chi connectivity index (χ4v) is 6.66. The number of carbonyl (C=O) groups excluding carboxylic acids is 6. The van der Waals surface area contributed by atoms with Gasteiger partial charge in [0.1, 0.15) is 16.4 Å². The van der Waals surface area contributed by atoms with E-state index in [1.165, 1.54) is 11.7 Å². The maximum Gasteiger partial charge on any atom is 0.348 e. The summed E-state index contributed by atoms with van der Waals surface area (Å²) in [4.78, 5) is 79.2. The van der Waals surface area contributed by atoms with Gasteiger partial charge in [0.2, 0.25) is 5.91 Å². The second-order valence-electron chi connectivity index (χ2n) is 8.70. The molecule has 0 saturated carbocycles. The van der Waals surface area contributed by atoms with Crippen molar-refractivity contribution in [2.75, 3.05) is 43.8 Å². The first-order chi connectivity index (χ1) is 21.0. The van der Waals surface area contributed by atoms with Crippen LogP contribution in [0.2, 0.25) is 0 Å². The van der Waals surface area contributed by atoms with Crippen LogP contribution in [0.4, 0.5) is 5.00 Å². The average molecular weight is 666 g/mol. The first kappa shape index (κ1) is 34.5. The Morgan fingerprint density at radius 1 is 0.909 bits per heavy atom. The minimum atomic E-state index is -0.688. The molecule has 0 aliphatic rings. The number of rotatable bonds is 13. The van der Waals surface area contributed by atoms with Crippen molar-refractivity contribution >= 4 is 85.3 Å². The smallest absolute Gasteiger partial charge is 0.348 e. The Morgan fingerprint density at radius 2 is 1.59 bits per heavy atom. The number of anilines is 1. The highest BCUT2D eigenvalue weighted by atomic mass is 32.2. The summed E-state index contributed by atoms with van der Waals surface area (Å²) in [6.45, 7) is 6.75. The van der Waals surface area contributed by atoms with E-state index < -0.39 is 35.7 Å². The Bertz CT molecular complexity index is 1650. The number of thiophene rings is 1. The highest BCUT2D eigenvalue weighted by Crippen LogP contribution is 2.34. The van der Waals surface area contributed by atoms with E-state index in [-0.39, 0.29) is 58.1 Å². The number of thiazole rings is 1. The number of carbonyl (C=O) groups is 6. The van der Waals surface area contributed by atoms with Crippen LogP contribution < -0.4 is 10.1 Å². The molecular weight excluding hydrogens is 635 g/mol. The predicted octanol–water partition coefficient (Wildman–Crippen LogP) is 3.58. The maximum atomic E-state index is 12.8. The number of nitrogens with one attached hydrogen (secondary N) is 1. The summed E-state index contributed by atoms with van der Waals surface area (Å²) in [5, 5.41) is 2.77. The number of thioether (sulfide) groups is 1. The van der Waals surface area contributed by atoms with Crippen LogP contribution in [-0.4, -0.2) is 78.7 Å². The van der Waals surface area contributed by atoms with Gasteiger partial charge in [0, 0.05) is 0 Å². The third-order valence-electron chi connectivity index (χ3n) is 5.72. The van der Waals surface area contributed by atoms with Gasteiger partial charge >= 0.3 is 23.9 Å². The lowest BCUT2D eigenvalue weighted by molar-refractivity contribution is -0.143. The first-order valence-electron chi connectivity index (χ1n) is 13.3. The SMILES string of the molecule is CCOC(=O)Cn1c(=NC(=O)CSCC(=O)Nc2sc(C(=O)OCC)c(C)c2C(=O)OCC)sc2cc(C(=O)OC)ccc21. The second-order valence-corrected chi connectivity index (χ2v) is 11.7. The van der Waals surface area contributed by atoms with Crippen molar-refractivity contribution in [2.24, 2.45) is 4.99 Å². The van der Waals surface area contributed by atoms with Gasteiger partial charge in [-0.05, 0) is 51.5 Å². The van der Waals surface area contributed by atoms with Gasteiger partial charge in [-0.2, -0.15) is 4.99 Å². The van der Waals surface area contributed by atoms with Crippen molar-refractivity contribution < 1.29 is 47.7 Å². The quantitative estimate of drug-likeness (QED) is 0.209. The van der Waals surface area contributed by atoms with Crippen molar-refractivity contribution in [2.45, 2.75) is 34.2 Å². The maximum absolute atomic E-state index is 12.8. The summed E-state index contributed by atoms with van der Waals surface area (Å²) in [5.41, 5.74) is 1.27. The molecule has 236 valence electrons. The zero-order valence-corrected chi connectivity index (χ0v) is 27.1. The van der Waals surface area contributed by atoms with E-state index in [4.69, 9.17) is 18.9 Å². The Labute approximate surface area is 264 Å². The van der Waals surface area contributed by atoms with Crippen LogP contribution in [0.1, 0.15) is 56.7 Å². The van der Waals surface area contributed by atoms with Crippen LogP contribution in [0.25, 0.3) is 10.2 Å². The number of ether oxygens (including phenoxy) is 4. The largest absolute Gasteiger partial charge is 0.465 e. The van der Waals surface area contributed by atoms with Gasteiger partial charge < -0.3 is 28.8 Å². The summed E-state index contributed by atoms with van der Waals surface area (Å²) < 4.78 is 22.1. The zero-order valence-electron chi connectivity index (χ0n) is 24.7. The molecule has 44 heavy (non-hydrogen) atoms. The number of benzene rings is 1. The van der Waals surface area contributed by atoms with E-state index in [2.05, 4.69) is 10.3 Å². The lowest BCUT2D eigenvalue weighted by Crippen LogP contribution is -2.23. The van der Waals surface area contributed by atoms with Crippen LogP contribution >= 0.6 is 34.4 Å². The molecule has 2 amide bonds. The Hall–Kier alpha value is -4.02. The molecule has 3 rings (SSSR count). The molecule has 2 aromatic heterocycles. The van der Waals surface area contributed by atoms with Gasteiger partial charge in [0.15, 0.2) is 4.80 Å². The number of amides is 2. The van der Waals surface area contributed by atoms with Crippen molar-refractivity contribution in [3.63, 3.8) is 0 Å². The highest BCUT2D eigenvalue weighted by molar-refractivity contribution is 8.00. The molecule has 0 aliphatic heterocycles. The van der Waals surface area contributed by atoms with Gasteiger partial charge in [0.05, 0.1) is 59.8 Å². The van der Waals surface area contributed by atoms with Gasteiger partial charge in [-0.3, -0.25) is 14.4 Å². The molecular formula is C28H31N3O10S3. The molecule has 0 fully saturated rings. The van der Waals surface area contributed by atoms with Gasteiger partial charge in [-0.1, -0.05) is 11.3 Å². The van der Waals surface area contributed by atoms with E-state index in [0.29, 0.717) is 21.3 Å². The number of methoxy groups -OCH3 is 1. The van der Waals surface area contributed by atoms with Crippen LogP contribution in [0.15, 0.2) is 23.2 Å². The number of fused-ring (bicyclic) bond motifs is 1. The number of hydrogen-bond acceptors (Lipinski definition) is 13. The Kier molecular flexibility index (Phi) is 12.7. The molecule has 13 nitrogen and oxygen atoms in total. The third-order valence-corrected chi connectivity index (χ3v) is 8.86. The molecule has 0 bridgehead atoms. The van der Waals surface area contributed by atoms with Gasteiger partial charge in [-0.25, -0.2) is 14.4 Å². The lowest BCUT2D eigenvalue weighted by Gasteiger charge is -2.07. The topological polar surface area (TPSA) is 169 Å². The Balaban J connectivity index is 1.77. The molecule has 16 heteroatoms. The van der Waals surface area contributed by atoms with E-state index in [0.717, 1.165) is 34.4 Å². The first-order valence-corrected chi connectivity index (χ1v) is 16.1. The molecule has 0 radical (unpaired) electrons. The second kappa shape index (κ2) is 16.2. The number of hydrogen-bond donors (Lipinski definition) is 1. The third kappa shape index (κ3) is 8.54. The monoisotopic (exact) mass is 665 g/mol. The fourth-order valence-electron chi connectivity index (χ4n) is 3.87. The molecule has 1 aromatic carbocycles. The van der Waals surface area contributed by atoms with E-state index in [1.807, 2.05) is 0 Å². The molecule has 0 aliphatic carbocycles. The minimum Gasteiger partial charge on any atom is -0.465 e. The molecule has 0 atom stereocenters. The van der Waals surface area contributed by atoms with Crippen molar-refractivity contribution in [3.05, 3.63) is 44.6 Å². The number of aromatic nitrogens is 1. The normalized spacial score (nSPS) is 11.2. The minimum absolute atomic E-state index is 0.0654. The van der Waals surface area contributed by atoms with E-state index in [1.54, 1.807) is 45.9 Å². The molecule has 0 spiro atoms. The molecule has 0 saturated heterocycles. The number of esters is 4. The van der Waals surface area contributed by atoms with Crippen LogP contribution in [0, 0.1) is 6.92 Å². The van der Waals surface area contributed by atoms with Crippen LogP contribution in [-0.2, 0) is 39.9 Å². The summed E-state index contributed by atoms with van der Waals surface area (Å²) in [6.07, 6.45) is 0. The predicted molar refractivity (Wildman–Crippen MR) is 165 cm³/mol. The van der Waals surface area contributed by atoms with Gasteiger partial charge in [-0.15, -0.1) is 23.1 Å². The Morgan fingerprint density at radius 3 is 2.25 bits per heavy atom. The highest BCUT2D eigenvalue weighted by Gasteiger charge is 2.27. The average Bonchev–Trinajstić information content (AvgIpc) is 3.48. The zero-order chi connectivity index (χ0) is 32.4. The molecule has 0 unspecified atom stereocenters. The number of nitrogens with zero attached hydrogens (tertiary/aromatic N) is 2. The van der Waals surface area contributed by atoms with E-state index in [9.17, 15) is 28.8 Å². The summed E-state index contributed by atoms with van der Waals surface area (Å²) in [6, 6.07) is 4.76. The van der Waals surface area contributed by atoms with Crippen LogP contribution in [0.3, 0.4) is 0 Å². The van der Waals surface area contributed by atoms with Crippen molar-refractivity contribution in [3.8, 4) is 0 Å². The summed E-state index contributed by atoms with van der Waals surface area (Å²) in [5.74, 6) is -3.78. The van der Waals surface area contributed by atoms with Crippen LogP contribution in [0.5, 0.6) is 0 Å². The van der Waals surface area contributed by atoms with Crippen molar-refractivity contribution in [1.29, 1.82) is 0 Å². The molecule has 3 aromatic rings. The van der Waals surface area contributed by atoms with Gasteiger partial charge in [0.25, 0.3) is 5.91 Å².